The van der Waals surface area contributed by atoms with Crippen LogP contribution in [0.1, 0.15) is 131 Å². The summed E-state index contributed by atoms with van der Waals surface area (Å²) in [5, 5.41) is 34.0. The summed E-state index contributed by atoms with van der Waals surface area (Å²) in [7, 11) is 0. The zero-order valence-electron chi connectivity index (χ0n) is 28.7. The summed E-state index contributed by atoms with van der Waals surface area (Å²) in [5.41, 5.74) is -0.269. The fraction of sp³-hybridized carbons (Fsp3) is 0.941. The molecule has 10 nitrogen and oxygen atoms in total. The highest BCUT2D eigenvalue weighted by atomic mass is 16.5. The average Bonchev–Trinajstić information content (AvgIpc) is 2.96. The molecule has 0 saturated carbocycles. The van der Waals surface area contributed by atoms with E-state index in [4.69, 9.17) is 24.1 Å². The Balaban J connectivity index is 4.51. The second kappa shape index (κ2) is 28.0. The fourth-order valence-corrected chi connectivity index (χ4v) is 5.27. The number of hydrogen-bond acceptors (Lipinski definition) is 8. The maximum Gasteiger partial charge on any atom is 0.303 e. The predicted octanol–water partition coefficient (Wildman–Crippen LogP) is 5.65. The van der Waals surface area contributed by atoms with Crippen LogP contribution in [0, 0.1) is 5.41 Å². The van der Waals surface area contributed by atoms with Gasteiger partial charge in [-0.1, -0.05) is 65.7 Å². The molecule has 0 fully saturated rings. The van der Waals surface area contributed by atoms with Gasteiger partial charge in [-0.15, -0.1) is 0 Å². The second-order valence-electron chi connectivity index (χ2n) is 12.6. The second-order valence-corrected chi connectivity index (χ2v) is 12.6. The van der Waals surface area contributed by atoms with E-state index in [1.54, 1.807) is 0 Å². The normalized spacial score (nSPS) is 14.7. The van der Waals surface area contributed by atoms with Gasteiger partial charge in [0.05, 0.1) is 57.3 Å². The summed E-state index contributed by atoms with van der Waals surface area (Å²) in [6.07, 6.45) is 9.18. The molecule has 0 aromatic rings. The van der Waals surface area contributed by atoms with Gasteiger partial charge in [-0.2, -0.15) is 0 Å². The van der Waals surface area contributed by atoms with Crippen molar-refractivity contribution in [2.24, 2.45) is 5.41 Å². The first-order valence-corrected chi connectivity index (χ1v) is 17.3. The molecule has 0 aliphatic carbocycles. The smallest absolute Gasteiger partial charge is 0.303 e. The molecule has 4 N–H and O–H groups in total. The number of amides is 1. The van der Waals surface area contributed by atoms with Crippen molar-refractivity contribution >= 4 is 11.9 Å². The Morgan fingerprint density at radius 1 is 0.727 bits per heavy atom. The maximum atomic E-state index is 12.1. The number of carboxylic acids is 1. The van der Waals surface area contributed by atoms with Gasteiger partial charge < -0.3 is 39.6 Å². The zero-order valence-corrected chi connectivity index (χ0v) is 28.7. The van der Waals surface area contributed by atoms with Gasteiger partial charge in [-0.05, 0) is 51.4 Å². The summed E-state index contributed by atoms with van der Waals surface area (Å²) < 4.78 is 22.8. The number of carboxylic acid groups (broad SMARTS) is 1. The number of carbonyl (C=O) groups excluding carboxylic acids is 1. The quantitative estimate of drug-likeness (QED) is 0.0691. The molecule has 262 valence electrons. The number of aliphatic carboxylic acids is 1. The third-order valence-electron chi connectivity index (χ3n) is 7.84. The third kappa shape index (κ3) is 25.0. The van der Waals surface area contributed by atoms with Gasteiger partial charge in [-0.25, -0.2) is 0 Å². The predicted molar refractivity (Wildman–Crippen MR) is 174 cm³/mol. The minimum absolute atomic E-state index is 0.0420. The highest BCUT2D eigenvalue weighted by molar-refractivity contribution is 5.75. The van der Waals surface area contributed by atoms with Crippen molar-refractivity contribution in [1.29, 1.82) is 0 Å². The van der Waals surface area contributed by atoms with Crippen LogP contribution in [0.2, 0.25) is 0 Å². The molecule has 4 atom stereocenters. The van der Waals surface area contributed by atoms with Crippen molar-refractivity contribution in [1.82, 2.24) is 5.32 Å². The minimum Gasteiger partial charge on any atom is -0.481 e. The van der Waals surface area contributed by atoms with Gasteiger partial charge in [0.15, 0.2) is 0 Å². The molecule has 1 amide bonds. The lowest BCUT2D eigenvalue weighted by molar-refractivity contribution is -0.139. The maximum absolute atomic E-state index is 12.1. The highest BCUT2D eigenvalue weighted by Gasteiger charge is 2.28. The van der Waals surface area contributed by atoms with Gasteiger partial charge in [0, 0.05) is 32.6 Å². The zero-order chi connectivity index (χ0) is 33.1. The molecule has 0 rings (SSSR count). The van der Waals surface area contributed by atoms with Gasteiger partial charge in [-0.3, -0.25) is 9.59 Å². The van der Waals surface area contributed by atoms with Gasteiger partial charge in [0.2, 0.25) is 5.91 Å². The number of nitrogens with one attached hydrogen (secondary N) is 1. The molecule has 0 heterocycles. The molecule has 44 heavy (non-hydrogen) atoms. The summed E-state index contributed by atoms with van der Waals surface area (Å²) in [5.74, 6) is -0.750. The lowest BCUT2D eigenvalue weighted by Crippen LogP contribution is -2.38. The lowest BCUT2D eigenvalue weighted by atomic mass is 9.84. The van der Waals surface area contributed by atoms with Crippen LogP contribution >= 0.6 is 0 Å². The average molecular weight is 634 g/mol. The molecule has 0 aromatic heterocycles. The Kier molecular flexibility index (Phi) is 27.1. The van der Waals surface area contributed by atoms with Crippen LogP contribution in [0.4, 0.5) is 0 Å². The van der Waals surface area contributed by atoms with Crippen molar-refractivity contribution in [2.75, 3.05) is 46.2 Å². The number of hydrogen-bond donors (Lipinski definition) is 4. The first-order valence-electron chi connectivity index (χ1n) is 17.3. The number of aliphatic hydroxyl groups is 2. The molecule has 0 spiro atoms. The van der Waals surface area contributed by atoms with E-state index < -0.39 is 24.3 Å². The Morgan fingerprint density at radius 3 is 1.77 bits per heavy atom. The number of unbranched alkanes of at least 4 members (excludes halogenated alkanes) is 6. The minimum atomic E-state index is -0.811. The molecule has 0 aliphatic heterocycles. The van der Waals surface area contributed by atoms with Gasteiger partial charge >= 0.3 is 5.97 Å². The Labute approximate surface area is 267 Å². The Hall–Kier alpha value is -1.30. The third-order valence-corrected chi connectivity index (χ3v) is 7.84. The lowest BCUT2D eigenvalue weighted by Gasteiger charge is -2.29. The van der Waals surface area contributed by atoms with E-state index in [9.17, 15) is 19.8 Å². The van der Waals surface area contributed by atoms with Crippen LogP contribution < -0.4 is 5.32 Å². The molecular formula is C34H67NO9. The molecule has 0 aliphatic rings. The molecule has 0 radical (unpaired) electrons. The van der Waals surface area contributed by atoms with Crippen LogP contribution in [0.25, 0.3) is 0 Å². The number of aliphatic hydroxyl groups excluding tert-OH is 2. The Bertz CT molecular complexity index is 692. The van der Waals surface area contributed by atoms with E-state index in [1.165, 1.54) is 0 Å². The summed E-state index contributed by atoms with van der Waals surface area (Å²) in [6, 6.07) is 0. The number of carbonyl (C=O) groups is 2. The molecular weight excluding hydrogens is 566 g/mol. The molecule has 0 saturated heterocycles. The van der Waals surface area contributed by atoms with Crippen molar-refractivity contribution in [3.63, 3.8) is 0 Å². The van der Waals surface area contributed by atoms with Crippen molar-refractivity contribution in [2.45, 2.75) is 155 Å². The van der Waals surface area contributed by atoms with Crippen LogP contribution in [0.5, 0.6) is 0 Å². The molecule has 10 heteroatoms. The van der Waals surface area contributed by atoms with Crippen LogP contribution in [0.15, 0.2) is 0 Å². The van der Waals surface area contributed by atoms with Crippen LogP contribution in [-0.2, 0) is 28.5 Å². The highest BCUT2D eigenvalue weighted by Crippen LogP contribution is 2.26. The topological polar surface area (TPSA) is 144 Å². The summed E-state index contributed by atoms with van der Waals surface area (Å²) >= 11 is 0. The number of ether oxygens (including phenoxy) is 4. The largest absolute Gasteiger partial charge is 0.481 e. The van der Waals surface area contributed by atoms with Crippen molar-refractivity contribution in [3.8, 4) is 0 Å². The monoisotopic (exact) mass is 633 g/mol. The van der Waals surface area contributed by atoms with Crippen molar-refractivity contribution < 1.29 is 43.9 Å². The SMILES string of the molecule is CCCCCC(OCCOCC)C(O)CC(O)C(CCCCCCCC(=O)NCCCC(C)(C)CC(=O)O)OCCOCC. The molecule has 4 unspecified atom stereocenters. The molecule has 0 aromatic carbocycles. The van der Waals surface area contributed by atoms with E-state index >= 15 is 0 Å². The van der Waals surface area contributed by atoms with Gasteiger partial charge in [0.1, 0.15) is 0 Å². The van der Waals surface area contributed by atoms with E-state index in [0.29, 0.717) is 59.0 Å². The summed E-state index contributed by atoms with van der Waals surface area (Å²) in [6.45, 7) is 13.5. The van der Waals surface area contributed by atoms with E-state index in [-0.39, 0.29) is 30.3 Å². The fourth-order valence-electron chi connectivity index (χ4n) is 5.27. The standard InChI is InChI=1S/C34H67NO9/c1-6-9-13-17-30(43-24-22-41-7-2)28(36)26-29(37)31(44-25-23-42-8-3)18-14-11-10-12-15-19-32(38)35-21-16-20-34(4,5)27-33(39)40/h28-31,36-37H,6-27H2,1-5H3,(H,35,38)(H,39,40). The van der Waals surface area contributed by atoms with Gasteiger partial charge in [0.25, 0.3) is 0 Å². The van der Waals surface area contributed by atoms with E-state index in [0.717, 1.165) is 70.6 Å². The molecule has 0 bridgehead atoms. The van der Waals surface area contributed by atoms with Crippen molar-refractivity contribution in [3.05, 3.63) is 0 Å². The first kappa shape index (κ1) is 42.7. The van der Waals surface area contributed by atoms with Crippen LogP contribution in [0.3, 0.4) is 0 Å². The van der Waals surface area contributed by atoms with E-state index in [1.807, 2.05) is 27.7 Å². The number of rotatable bonds is 32. The van der Waals surface area contributed by atoms with E-state index in [2.05, 4.69) is 12.2 Å². The Morgan fingerprint density at radius 2 is 1.25 bits per heavy atom. The summed E-state index contributed by atoms with van der Waals surface area (Å²) in [4.78, 5) is 23.1. The first-order chi connectivity index (χ1) is 21.1. The van der Waals surface area contributed by atoms with Crippen LogP contribution in [-0.4, -0.2) is 97.8 Å².